The monoisotopic (exact) mass is 217 g/mol. The van der Waals surface area contributed by atoms with Gasteiger partial charge in [0.1, 0.15) is 5.82 Å². The van der Waals surface area contributed by atoms with Crippen LogP contribution in [0, 0.1) is 13.8 Å². The Balaban J connectivity index is 2.19. The average molecular weight is 217 g/mol. The topological polar surface area (TPSA) is 79.6 Å². The molecule has 5 heteroatoms. The van der Waals surface area contributed by atoms with Crippen molar-refractivity contribution in [1.82, 2.24) is 15.2 Å². The number of anilines is 2. The summed E-state index contributed by atoms with van der Waals surface area (Å²) in [6.07, 6.45) is 0. The minimum absolute atomic E-state index is 0.363. The first kappa shape index (κ1) is 10.6. The van der Waals surface area contributed by atoms with Crippen LogP contribution in [-0.2, 0) is 6.54 Å². The molecule has 0 radical (unpaired) electrons. The second kappa shape index (κ2) is 4.32. The number of nitrogens with one attached hydrogen (secondary N) is 2. The highest BCUT2D eigenvalue weighted by Gasteiger charge is 2.02. The fraction of sp³-hybridized carbons (Fsp3) is 0.273. The number of hydrogen-bond acceptors (Lipinski definition) is 4. The summed E-state index contributed by atoms with van der Waals surface area (Å²) < 4.78 is 0. The highest BCUT2D eigenvalue weighted by Crippen LogP contribution is 2.16. The van der Waals surface area contributed by atoms with Gasteiger partial charge < -0.3 is 11.1 Å². The molecule has 0 aliphatic heterocycles. The van der Waals surface area contributed by atoms with Gasteiger partial charge in [-0.3, -0.25) is 5.10 Å². The Kier molecular flexibility index (Phi) is 2.87. The molecule has 4 N–H and O–H groups in total. The second-order valence-corrected chi connectivity index (χ2v) is 3.81. The average Bonchev–Trinajstić information content (AvgIpc) is 2.64. The van der Waals surface area contributed by atoms with Crippen LogP contribution >= 0.6 is 0 Å². The van der Waals surface area contributed by atoms with E-state index < -0.39 is 0 Å². The van der Waals surface area contributed by atoms with Gasteiger partial charge in [0.15, 0.2) is 0 Å². The zero-order valence-corrected chi connectivity index (χ0v) is 9.41. The van der Waals surface area contributed by atoms with Crippen molar-refractivity contribution in [1.29, 1.82) is 0 Å². The molecule has 0 amide bonds. The molecule has 2 aromatic rings. The van der Waals surface area contributed by atoms with Crippen LogP contribution in [0.3, 0.4) is 0 Å². The smallest absolute Gasteiger partial charge is 0.246 e. The third-order valence-electron chi connectivity index (χ3n) is 2.20. The molecule has 0 aliphatic rings. The molecule has 0 unspecified atom stereocenters. The molecule has 0 fully saturated rings. The number of aromatic amines is 1. The van der Waals surface area contributed by atoms with E-state index in [0.29, 0.717) is 18.3 Å². The summed E-state index contributed by atoms with van der Waals surface area (Å²) >= 11 is 0. The molecule has 1 aromatic heterocycles. The van der Waals surface area contributed by atoms with E-state index in [9.17, 15) is 0 Å². The number of nitrogens with zero attached hydrogens (tertiary/aromatic N) is 2. The van der Waals surface area contributed by atoms with Crippen molar-refractivity contribution in [3.05, 3.63) is 35.2 Å². The minimum Gasteiger partial charge on any atom is -0.324 e. The molecule has 0 atom stereocenters. The molecule has 2 rings (SSSR count). The quantitative estimate of drug-likeness (QED) is 0.730. The molecule has 1 aromatic carbocycles. The van der Waals surface area contributed by atoms with Crippen molar-refractivity contribution >= 4 is 11.6 Å². The lowest BCUT2D eigenvalue weighted by atomic mass is 10.1. The molecule has 1 heterocycles. The Hall–Kier alpha value is -1.88. The molecular formula is C11H15N5. The fourth-order valence-corrected chi connectivity index (χ4v) is 1.62. The number of benzene rings is 1. The van der Waals surface area contributed by atoms with Gasteiger partial charge >= 0.3 is 0 Å². The third-order valence-corrected chi connectivity index (χ3v) is 2.20. The Labute approximate surface area is 94.1 Å². The van der Waals surface area contributed by atoms with Crippen LogP contribution in [0.15, 0.2) is 18.2 Å². The van der Waals surface area contributed by atoms with E-state index in [1.54, 1.807) is 0 Å². The van der Waals surface area contributed by atoms with Crippen molar-refractivity contribution < 1.29 is 0 Å². The number of rotatable bonds is 3. The van der Waals surface area contributed by atoms with Crippen LogP contribution in [0.25, 0.3) is 0 Å². The van der Waals surface area contributed by atoms with Gasteiger partial charge in [-0.1, -0.05) is 6.07 Å². The number of H-pyrrole nitrogens is 1. The van der Waals surface area contributed by atoms with Gasteiger partial charge in [-0.25, -0.2) is 0 Å². The predicted octanol–water partition coefficient (Wildman–Crippen LogP) is 1.62. The molecule has 0 aliphatic carbocycles. The standard InChI is InChI=1S/C11H15N5/c1-7-3-8(2)5-9(4-7)13-11-14-10(6-12)15-16-11/h3-5H,6,12H2,1-2H3,(H2,13,14,15,16). The third kappa shape index (κ3) is 2.38. The van der Waals surface area contributed by atoms with Crippen LogP contribution in [0.4, 0.5) is 11.6 Å². The van der Waals surface area contributed by atoms with Gasteiger partial charge in [-0.15, -0.1) is 5.10 Å². The lowest BCUT2D eigenvalue weighted by Crippen LogP contribution is -1.98. The summed E-state index contributed by atoms with van der Waals surface area (Å²) in [7, 11) is 0. The maximum absolute atomic E-state index is 5.44. The highest BCUT2D eigenvalue weighted by atomic mass is 15.3. The van der Waals surface area contributed by atoms with E-state index in [-0.39, 0.29) is 0 Å². The second-order valence-electron chi connectivity index (χ2n) is 3.81. The zero-order chi connectivity index (χ0) is 11.5. The van der Waals surface area contributed by atoms with Crippen molar-refractivity contribution in [2.75, 3.05) is 5.32 Å². The Bertz CT molecular complexity index is 469. The minimum atomic E-state index is 0.363. The molecule has 0 saturated heterocycles. The predicted molar refractivity (Wildman–Crippen MR) is 63.5 cm³/mol. The van der Waals surface area contributed by atoms with Crippen LogP contribution in [-0.4, -0.2) is 15.2 Å². The maximum Gasteiger partial charge on any atom is 0.246 e. The van der Waals surface area contributed by atoms with Crippen LogP contribution in [0.5, 0.6) is 0 Å². The first-order valence-electron chi connectivity index (χ1n) is 5.14. The molecule has 16 heavy (non-hydrogen) atoms. The van der Waals surface area contributed by atoms with Crippen molar-refractivity contribution in [3.8, 4) is 0 Å². The van der Waals surface area contributed by atoms with E-state index in [0.717, 1.165) is 5.69 Å². The van der Waals surface area contributed by atoms with Crippen LogP contribution in [0.2, 0.25) is 0 Å². The first-order valence-corrected chi connectivity index (χ1v) is 5.14. The lowest BCUT2D eigenvalue weighted by molar-refractivity contribution is 0.917. The van der Waals surface area contributed by atoms with Gasteiger partial charge in [0.05, 0.1) is 6.54 Å². The van der Waals surface area contributed by atoms with E-state index in [1.807, 2.05) is 12.1 Å². The molecule has 0 saturated carbocycles. The molecular weight excluding hydrogens is 202 g/mol. The van der Waals surface area contributed by atoms with Gasteiger partial charge in [0.2, 0.25) is 5.95 Å². The van der Waals surface area contributed by atoms with Crippen molar-refractivity contribution in [2.24, 2.45) is 5.73 Å². The van der Waals surface area contributed by atoms with Crippen molar-refractivity contribution in [3.63, 3.8) is 0 Å². The fourth-order valence-electron chi connectivity index (χ4n) is 1.62. The van der Waals surface area contributed by atoms with E-state index in [1.165, 1.54) is 11.1 Å². The number of nitrogens with two attached hydrogens (primary N) is 1. The van der Waals surface area contributed by atoms with Gasteiger partial charge in [-0.05, 0) is 37.1 Å². The molecule has 5 nitrogen and oxygen atoms in total. The Morgan fingerprint density at radius 2 is 1.94 bits per heavy atom. The summed E-state index contributed by atoms with van der Waals surface area (Å²) in [6.45, 7) is 4.48. The van der Waals surface area contributed by atoms with Crippen LogP contribution in [0.1, 0.15) is 17.0 Å². The zero-order valence-electron chi connectivity index (χ0n) is 9.41. The lowest BCUT2D eigenvalue weighted by Gasteiger charge is -2.04. The molecule has 84 valence electrons. The van der Waals surface area contributed by atoms with Gasteiger partial charge in [-0.2, -0.15) is 4.98 Å². The van der Waals surface area contributed by atoms with E-state index >= 15 is 0 Å². The van der Waals surface area contributed by atoms with E-state index in [2.05, 4.69) is 40.4 Å². The maximum atomic E-state index is 5.44. The number of aromatic nitrogens is 3. The van der Waals surface area contributed by atoms with Gasteiger partial charge in [0.25, 0.3) is 0 Å². The highest BCUT2D eigenvalue weighted by molar-refractivity contribution is 5.55. The summed E-state index contributed by atoms with van der Waals surface area (Å²) in [6, 6.07) is 6.21. The summed E-state index contributed by atoms with van der Waals surface area (Å²) in [5.74, 6) is 1.22. The molecule has 0 spiro atoms. The first-order chi connectivity index (χ1) is 7.67. The SMILES string of the molecule is Cc1cc(C)cc(Nc2n[nH]c(CN)n2)c1. The van der Waals surface area contributed by atoms with Gasteiger partial charge in [0, 0.05) is 5.69 Å². The number of aryl methyl sites for hydroxylation is 2. The summed E-state index contributed by atoms with van der Waals surface area (Å²) in [5.41, 5.74) is 8.84. The summed E-state index contributed by atoms with van der Waals surface area (Å²) in [4.78, 5) is 4.18. The molecule has 0 bridgehead atoms. The Morgan fingerprint density at radius 1 is 1.25 bits per heavy atom. The van der Waals surface area contributed by atoms with Crippen molar-refractivity contribution in [2.45, 2.75) is 20.4 Å². The van der Waals surface area contributed by atoms with E-state index in [4.69, 9.17) is 5.73 Å². The normalized spacial score (nSPS) is 10.4. The summed E-state index contributed by atoms with van der Waals surface area (Å²) in [5, 5.41) is 9.90. The Morgan fingerprint density at radius 3 is 2.50 bits per heavy atom. The largest absolute Gasteiger partial charge is 0.324 e. The van der Waals surface area contributed by atoms with Crippen LogP contribution < -0.4 is 11.1 Å². The number of hydrogen-bond donors (Lipinski definition) is 3.